The lowest BCUT2D eigenvalue weighted by atomic mass is 10.2. The number of methoxy groups -OCH3 is 1. The Kier molecular flexibility index (Phi) is 8.15. The van der Waals surface area contributed by atoms with Gasteiger partial charge < -0.3 is 20.6 Å². The van der Waals surface area contributed by atoms with Crippen LogP contribution in [0.1, 0.15) is 6.42 Å². The first-order valence-electron chi connectivity index (χ1n) is 9.87. The van der Waals surface area contributed by atoms with Crippen LogP contribution in [0.3, 0.4) is 0 Å². The van der Waals surface area contributed by atoms with Crippen molar-refractivity contribution in [2.75, 3.05) is 24.7 Å². The number of aldehydes is 1. The third-order valence-corrected chi connectivity index (χ3v) is 7.07. The van der Waals surface area contributed by atoms with E-state index in [9.17, 15) is 13.2 Å². The third-order valence-electron chi connectivity index (χ3n) is 4.61. The molecule has 32 heavy (non-hydrogen) atoms. The van der Waals surface area contributed by atoms with Crippen LogP contribution < -0.4 is 20.5 Å². The Bertz CT molecular complexity index is 1120. The Morgan fingerprint density at radius 3 is 2.12 bits per heavy atom. The van der Waals surface area contributed by atoms with Gasteiger partial charge in [0.1, 0.15) is 12.0 Å². The molecule has 0 aliphatic heterocycles. The zero-order valence-electron chi connectivity index (χ0n) is 17.5. The second-order valence-electron chi connectivity index (χ2n) is 6.97. The van der Waals surface area contributed by atoms with Gasteiger partial charge in [-0.3, -0.25) is 0 Å². The standard InChI is InChI=1S/C23H25N3O4S2/c1-30-20-6-12-23(13-7-20)32(28,29)25-16-19(14-15-27)26-18-4-10-22(11-5-18)31-21-8-2-17(24)3-9-21/h2-13,15,19,25-26H,14,16,24H2,1H3. The molecule has 4 N–H and O–H groups in total. The lowest BCUT2D eigenvalue weighted by Crippen LogP contribution is -2.36. The van der Waals surface area contributed by atoms with Gasteiger partial charge in [-0.25, -0.2) is 13.1 Å². The van der Waals surface area contributed by atoms with Gasteiger partial charge in [-0.2, -0.15) is 0 Å². The van der Waals surface area contributed by atoms with Crippen molar-refractivity contribution in [1.82, 2.24) is 4.72 Å². The molecule has 3 aromatic rings. The highest BCUT2D eigenvalue weighted by molar-refractivity contribution is 7.99. The molecule has 0 aliphatic carbocycles. The van der Waals surface area contributed by atoms with Crippen molar-refractivity contribution in [2.45, 2.75) is 27.1 Å². The fraction of sp³-hybridized carbons (Fsp3) is 0.174. The average Bonchev–Trinajstić information content (AvgIpc) is 2.80. The van der Waals surface area contributed by atoms with E-state index < -0.39 is 16.1 Å². The number of rotatable bonds is 11. The van der Waals surface area contributed by atoms with Crippen LogP contribution in [0.25, 0.3) is 0 Å². The van der Waals surface area contributed by atoms with E-state index in [1.165, 1.54) is 19.2 Å². The minimum atomic E-state index is -3.71. The Morgan fingerprint density at radius 1 is 0.969 bits per heavy atom. The van der Waals surface area contributed by atoms with E-state index in [2.05, 4.69) is 10.0 Å². The highest BCUT2D eigenvalue weighted by Crippen LogP contribution is 2.29. The second-order valence-corrected chi connectivity index (χ2v) is 9.88. The monoisotopic (exact) mass is 471 g/mol. The molecule has 0 aromatic heterocycles. The summed E-state index contributed by atoms with van der Waals surface area (Å²) >= 11 is 1.61. The van der Waals surface area contributed by atoms with E-state index in [-0.39, 0.29) is 17.9 Å². The number of nitrogens with two attached hydrogens (primary N) is 1. The van der Waals surface area contributed by atoms with Crippen molar-refractivity contribution in [3.63, 3.8) is 0 Å². The van der Waals surface area contributed by atoms with Crippen molar-refractivity contribution >= 4 is 39.4 Å². The lowest BCUT2D eigenvalue weighted by molar-refractivity contribution is -0.108. The van der Waals surface area contributed by atoms with E-state index in [4.69, 9.17) is 10.5 Å². The predicted octanol–water partition coefficient (Wildman–Crippen LogP) is 3.78. The number of ether oxygens (including phenoxy) is 1. The Balaban J connectivity index is 1.60. The molecule has 3 aromatic carbocycles. The van der Waals surface area contributed by atoms with Crippen LogP contribution in [0, 0.1) is 0 Å². The second kappa shape index (κ2) is 11.0. The molecular formula is C23H25N3O4S2. The molecule has 3 rings (SSSR count). The molecule has 0 amide bonds. The molecule has 0 bridgehead atoms. The van der Waals surface area contributed by atoms with E-state index >= 15 is 0 Å². The predicted molar refractivity (Wildman–Crippen MR) is 128 cm³/mol. The molecule has 7 nitrogen and oxygen atoms in total. The van der Waals surface area contributed by atoms with Crippen LogP contribution in [-0.4, -0.2) is 34.4 Å². The molecule has 0 heterocycles. The van der Waals surface area contributed by atoms with Crippen LogP contribution in [0.2, 0.25) is 0 Å². The Hall–Kier alpha value is -3.01. The molecular weight excluding hydrogens is 446 g/mol. The first-order chi connectivity index (χ1) is 15.4. The van der Waals surface area contributed by atoms with E-state index in [0.717, 1.165) is 27.5 Å². The Labute approximate surface area is 192 Å². The normalized spacial score (nSPS) is 12.2. The number of nitrogens with one attached hydrogen (secondary N) is 2. The summed E-state index contributed by atoms with van der Waals surface area (Å²) in [4.78, 5) is 13.4. The van der Waals surface area contributed by atoms with Crippen LogP contribution >= 0.6 is 11.8 Å². The van der Waals surface area contributed by atoms with Crippen molar-refractivity contribution in [3.8, 4) is 5.75 Å². The molecule has 1 atom stereocenters. The summed E-state index contributed by atoms with van der Waals surface area (Å²) < 4.78 is 32.7. The lowest BCUT2D eigenvalue weighted by Gasteiger charge is -2.19. The molecule has 1 unspecified atom stereocenters. The highest BCUT2D eigenvalue weighted by Gasteiger charge is 2.17. The minimum absolute atomic E-state index is 0.0645. The topological polar surface area (TPSA) is 111 Å². The van der Waals surface area contributed by atoms with Gasteiger partial charge in [0.05, 0.1) is 12.0 Å². The number of anilines is 2. The van der Waals surface area contributed by atoms with Crippen LogP contribution in [0.15, 0.2) is 87.5 Å². The molecule has 9 heteroatoms. The maximum atomic E-state index is 12.6. The fourth-order valence-corrected chi connectivity index (χ4v) is 4.78. The fourth-order valence-electron chi connectivity index (χ4n) is 2.88. The summed E-state index contributed by atoms with van der Waals surface area (Å²) in [6.45, 7) is 0.0645. The van der Waals surface area contributed by atoms with E-state index in [1.807, 2.05) is 48.5 Å². The summed E-state index contributed by atoms with van der Waals surface area (Å²) in [6.07, 6.45) is 0.928. The molecule has 168 valence electrons. The van der Waals surface area contributed by atoms with E-state index in [1.54, 1.807) is 23.9 Å². The largest absolute Gasteiger partial charge is 0.497 e. The summed E-state index contributed by atoms with van der Waals surface area (Å²) in [7, 11) is -2.19. The van der Waals surface area contributed by atoms with Gasteiger partial charge in [0.15, 0.2) is 0 Å². The summed E-state index contributed by atoms with van der Waals surface area (Å²) in [5, 5.41) is 3.22. The van der Waals surface area contributed by atoms with Crippen LogP contribution in [0.4, 0.5) is 11.4 Å². The van der Waals surface area contributed by atoms with Gasteiger partial charge >= 0.3 is 0 Å². The molecule has 0 spiro atoms. The number of hydrogen-bond acceptors (Lipinski definition) is 7. The number of carbonyl (C=O) groups excluding carboxylic acids is 1. The summed E-state index contributed by atoms with van der Waals surface area (Å²) in [5.74, 6) is 0.572. The third kappa shape index (κ3) is 6.74. The van der Waals surface area contributed by atoms with E-state index in [0.29, 0.717) is 5.75 Å². The zero-order chi connectivity index (χ0) is 23.0. The van der Waals surface area contributed by atoms with Crippen molar-refractivity contribution in [3.05, 3.63) is 72.8 Å². The number of carbonyl (C=O) groups is 1. The smallest absolute Gasteiger partial charge is 0.240 e. The molecule has 0 aliphatic rings. The van der Waals surface area contributed by atoms with Crippen LogP contribution in [0.5, 0.6) is 5.75 Å². The molecule has 0 saturated carbocycles. The number of benzene rings is 3. The first-order valence-corrected chi connectivity index (χ1v) is 12.2. The summed E-state index contributed by atoms with van der Waals surface area (Å²) in [6, 6.07) is 21.1. The maximum Gasteiger partial charge on any atom is 0.240 e. The van der Waals surface area contributed by atoms with Crippen molar-refractivity contribution < 1.29 is 17.9 Å². The van der Waals surface area contributed by atoms with Crippen LogP contribution in [-0.2, 0) is 14.8 Å². The zero-order valence-corrected chi connectivity index (χ0v) is 19.2. The average molecular weight is 472 g/mol. The van der Waals surface area contributed by atoms with Gasteiger partial charge in [-0.15, -0.1) is 0 Å². The number of sulfonamides is 1. The van der Waals surface area contributed by atoms with Gasteiger partial charge in [-0.1, -0.05) is 11.8 Å². The quantitative estimate of drug-likeness (QED) is 0.288. The van der Waals surface area contributed by atoms with Gasteiger partial charge in [0.2, 0.25) is 10.0 Å². The molecule has 0 saturated heterocycles. The maximum absolute atomic E-state index is 12.6. The minimum Gasteiger partial charge on any atom is -0.497 e. The van der Waals surface area contributed by atoms with Gasteiger partial charge in [-0.05, 0) is 72.8 Å². The van der Waals surface area contributed by atoms with Crippen molar-refractivity contribution in [2.24, 2.45) is 0 Å². The number of nitrogen functional groups attached to an aromatic ring is 1. The van der Waals surface area contributed by atoms with Gasteiger partial charge in [0.25, 0.3) is 0 Å². The SMILES string of the molecule is COc1ccc(S(=O)(=O)NCC(CC=O)Nc2ccc(Sc3ccc(N)cc3)cc2)cc1. The number of hydrogen-bond donors (Lipinski definition) is 3. The summed E-state index contributed by atoms with van der Waals surface area (Å²) in [5.41, 5.74) is 7.23. The first kappa shape index (κ1) is 23.6. The highest BCUT2D eigenvalue weighted by atomic mass is 32.2. The Morgan fingerprint density at radius 2 is 1.56 bits per heavy atom. The molecule has 0 fully saturated rings. The molecule has 0 radical (unpaired) electrons. The van der Waals surface area contributed by atoms with Gasteiger partial charge in [0, 0.05) is 40.2 Å². The van der Waals surface area contributed by atoms with Crippen molar-refractivity contribution in [1.29, 1.82) is 0 Å².